The van der Waals surface area contributed by atoms with Gasteiger partial charge < -0.3 is 34.4 Å². The second-order valence-corrected chi connectivity index (χ2v) is 9.53. The normalized spacial score (nSPS) is 14.9. The number of aromatic nitrogens is 4. The van der Waals surface area contributed by atoms with Gasteiger partial charge in [0.05, 0.1) is 32.9 Å². The predicted octanol–water partition coefficient (Wildman–Crippen LogP) is 1.07. The van der Waals surface area contributed by atoms with Gasteiger partial charge >= 0.3 is 5.97 Å². The van der Waals surface area contributed by atoms with Crippen LogP contribution in [-0.4, -0.2) is 100 Å². The van der Waals surface area contributed by atoms with Crippen LogP contribution in [0.15, 0.2) is 43.0 Å². The highest BCUT2D eigenvalue weighted by Gasteiger charge is 2.36. The molecule has 2 aromatic heterocycles. The molecule has 1 saturated heterocycles. The van der Waals surface area contributed by atoms with Crippen LogP contribution in [0.4, 0.5) is 5.82 Å². The third-order valence-corrected chi connectivity index (χ3v) is 6.75. The number of amides is 2. The summed E-state index contributed by atoms with van der Waals surface area (Å²) in [7, 11) is 3.08. The van der Waals surface area contributed by atoms with Gasteiger partial charge in [-0.3, -0.25) is 14.2 Å². The highest BCUT2D eigenvalue weighted by molar-refractivity contribution is 5.87. The Balaban J connectivity index is 1.63. The minimum atomic E-state index is -1.17. The van der Waals surface area contributed by atoms with Crippen LogP contribution in [0.5, 0.6) is 11.5 Å². The number of hydrogen-bond acceptors (Lipinski definition) is 10. The zero-order valence-corrected chi connectivity index (χ0v) is 23.9. The number of rotatable bonds is 13. The molecule has 1 fully saturated rings. The summed E-state index contributed by atoms with van der Waals surface area (Å²) in [5.74, 6) is 0.172. The Morgan fingerprint density at radius 2 is 1.86 bits per heavy atom. The van der Waals surface area contributed by atoms with Gasteiger partial charge in [-0.25, -0.2) is 14.8 Å². The van der Waals surface area contributed by atoms with Crippen molar-refractivity contribution in [1.29, 1.82) is 0 Å². The lowest BCUT2D eigenvalue weighted by molar-refractivity contribution is -0.146. The van der Waals surface area contributed by atoms with E-state index in [0.29, 0.717) is 41.8 Å². The van der Waals surface area contributed by atoms with Gasteiger partial charge in [0.1, 0.15) is 42.9 Å². The standard InChI is InChI=1S/C28H35N7O7/c1-4-6-19-13-24(32-28(31-19)34-10-9-29-18-34)35-12-11-33(25(36)16-42-17-26(37)38)15-21(35)27(39)30-14-20-22(40-2)7-5-8-23(20)41-3/h5,7-10,13,18,21H,4,6,11-12,14-17H2,1-3H3,(H,30,39)(H,37,38). The molecule has 0 bridgehead atoms. The molecule has 14 heteroatoms. The van der Waals surface area contributed by atoms with E-state index in [1.807, 2.05) is 11.0 Å². The molecule has 1 aliphatic heterocycles. The molecule has 0 radical (unpaired) electrons. The number of benzene rings is 1. The molecule has 1 atom stereocenters. The number of aliphatic carboxylic acids is 1. The Morgan fingerprint density at radius 1 is 1.10 bits per heavy atom. The number of ether oxygens (including phenoxy) is 3. The topological polar surface area (TPSA) is 161 Å². The summed E-state index contributed by atoms with van der Waals surface area (Å²) in [6.45, 7) is 1.80. The van der Waals surface area contributed by atoms with E-state index in [4.69, 9.17) is 24.3 Å². The molecule has 14 nitrogen and oxygen atoms in total. The SMILES string of the molecule is CCCc1cc(N2CCN(C(=O)COCC(=O)O)CC2C(=O)NCc2c(OC)cccc2OC)nc(-n2ccnc2)n1. The van der Waals surface area contributed by atoms with Crippen molar-refractivity contribution in [2.75, 3.05) is 52.0 Å². The van der Waals surface area contributed by atoms with E-state index in [2.05, 4.69) is 22.2 Å². The Morgan fingerprint density at radius 3 is 2.50 bits per heavy atom. The molecular formula is C28H35N7O7. The molecule has 0 saturated carbocycles. The summed E-state index contributed by atoms with van der Waals surface area (Å²) in [6, 6.07) is 6.40. The van der Waals surface area contributed by atoms with Crippen LogP contribution in [-0.2, 0) is 32.1 Å². The first-order valence-corrected chi connectivity index (χ1v) is 13.5. The number of carboxylic acids is 1. The number of carbonyl (C=O) groups excluding carboxylic acids is 2. The molecule has 224 valence electrons. The Hall–Kier alpha value is -4.72. The summed E-state index contributed by atoms with van der Waals surface area (Å²) in [4.78, 5) is 54.4. The van der Waals surface area contributed by atoms with E-state index in [0.717, 1.165) is 12.1 Å². The third kappa shape index (κ3) is 7.32. The first-order valence-electron chi connectivity index (χ1n) is 13.5. The highest BCUT2D eigenvalue weighted by atomic mass is 16.5. The number of nitrogens with zero attached hydrogens (tertiary/aromatic N) is 6. The first kappa shape index (κ1) is 30.2. The molecule has 2 amide bonds. The van der Waals surface area contributed by atoms with Gasteiger partial charge in [-0.15, -0.1) is 0 Å². The minimum absolute atomic E-state index is 0.0394. The van der Waals surface area contributed by atoms with Crippen molar-refractivity contribution in [3.63, 3.8) is 0 Å². The van der Waals surface area contributed by atoms with Crippen LogP contribution in [0, 0.1) is 0 Å². The largest absolute Gasteiger partial charge is 0.496 e. The van der Waals surface area contributed by atoms with Crippen molar-refractivity contribution in [2.45, 2.75) is 32.4 Å². The van der Waals surface area contributed by atoms with E-state index in [1.54, 1.807) is 55.7 Å². The van der Waals surface area contributed by atoms with Crippen LogP contribution in [0.3, 0.4) is 0 Å². The van der Waals surface area contributed by atoms with E-state index in [-0.39, 0.29) is 25.5 Å². The zero-order valence-electron chi connectivity index (χ0n) is 23.9. The quantitative estimate of drug-likeness (QED) is 0.297. The first-order chi connectivity index (χ1) is 20.3. The number of methoxy groups -OCH3 is 2. The van der Waals surface area contributed by atoms with E-state index >= 15 is 0 Å². The number of hydrogen-bond donors (Lipinski definition) is 2. The smallest absolute Gasteiger partial charge is 0.329 e. The van der Waals surface area contributed by atoms with Gasteiger partial charge in [-0.1, -0.05) is 19.4 Å². The number of carboxylic acid groups (broad SMARTS) is 1. The van der Waals surface area contributed by atoms with E-state index in [9.17, 15) is 14.4 Å². The van der Waals surface area contributed by atoms with Crippen molar-refractivity contribution in [3.8, 4) is 17.4 Å². The average molecular weight is 582 g/mol. The van der Waals surface area contributed by atoms with Crippen LogP contribution < -0.4 is 19.7 Å². The molecule has 2 N–H and O–H groups in total. The van der Waals surface area contributed by atoms with Crippen LogP contribution in [0.1, 0.15) is 24.6 Å². The van der Waals surface area contributed by atoms with Crippen LogP contribution in [0.25, 0.3) is 5.95 Å². The lowest BCUT2D eigenvalue weighted by Gasteiger charge is -2.41. The van der Waals surface area contributed by atoms with Gasteiger partial charge in [0.15, 0.2) is 0 Å². The Bertz CT molecular complexity index is 1360. The average Bonchev–Trinajstić information content (AvgIpc) is 3.54. The molecule has 3 heterocycles. The number of piperazine rings is 1. The lowest BCUT2D eigenvalue weighted by atomic mass is 10.1. The van der Waals surface area contributed by atoms with Gasteiger partial charge in [-0.2, -0.15) is 4.98 Å². The van der Waals surface area contributed by atoms with Gasteiger partial charge in [0.25, 0.3) is 0 Å². The van der Waals surface area contributed by atoms with E-state index < -0.39 is 31.1 Å². The molecule has 0 aliphatic carbocycles. The van der Waals surface area contributed by atoms with Gasteiger partial charge in [0, 0.05) is 37.2 Å². The number of anilines is 1. The molecule has 1 aromatic carbocycles. The monoisotopic (exact) mass is 581 g/mol. The van der Waals surface area contributed by atoms with Crippen molar-refractivity contribution in [3.05, 3.63) is 54.2 Å². The Labute approximate surface area is 243 Å². The second-order valence-electron chi connectivity index (χ2n) is 9.53. The van der Waals surface area contributed by atoms with Crippen molar-refractivity contribution >= 4 is 23.6 Å². The minimum Gasteiger partial charge on any atom is -0.496 e. The number of carbonyl (C=O) groups is 3. The predicted molar refractivity (Wildman–Crippen MR) is 151 cm³/mol. The second kappa shape index (κ2) is 14.3. The van der Waals surface area contributed by atoms with E-state index in [1.165, 1.54) is 4.90 Å². The fraction of sp³-hybridized carbons (Fsp3) is 0.429. The number of aryl methyl sites for hydroxylation is 1. The molecular weight excluding hydrogens is 546 g/mol. The zero-order chi connectivity index (χ0) is 30.1. The summed E-state index contributed by atoms with van der Waals surface area (Å²) >= 11 is 0. The van der Waals surface area contributed by atoms with Crippen molar-refractivity contribution in [2.24, 2.45) is 0 Å². The summed E-state index contributed by atoms with van der Waals surface area (Å²) in [5, 5.41) is 11.8. The number of nitrogens with one attached hydrogen (secondary N) is 1. The number of imidazole rings is 1. The van der Waals surface area contributed by atoms with Gasteiger partial charge in [-0.05, 0) is 18.6 Å². The van der Waals surface area contributed by atoms with Crippen LogP contribution in [0.2, 0.25) is 0 Å². The molecule has 42 heavy (non-hydrogen) atoms. The molecule has 3 aromatic rings. The van der Waals surface area contributed by atoms with Crippen molar-refractivity contribution in [1.82, 2.24) is 29.7 Å². The fourth-order valence-corrected chi connectivity index (χ4v) is 4.71. The lowest BCUT2D eigenvalue weighted by Crippen LogP contribution is -2.61. The highest BCUT2D eigenvalue weighted by Crippen LogP contribution is 2.28. The molecule has 1 aliphatic rings. The van der Waals surface area contributed by atoms with Crippen molar-refractivity contribution < 1.29 is 33.7 Å². The molecule has 4 rings (SSSR count). The summed E-state index contributed by atoms with van der Waals surface area (Å²) in [5.41, 5.74) is 1.48. The third-order valence-electron chi connectivity index (χ3n) is 6.75. The summed E-state index contributed by atoms with van der Waals surface area (Å²) < 4.78 is 17.6. The Kier molecular flexibility index (Phi) is 10.3. The maximum atomic E-state index is 13.8. The van der Waals surface area contributed by atoms with Crippen LogP contribution >= 0.6 is 0 Å². The summed E-state index contributed by atoms with van der Waals surface area (Å²) in [6.07, 6.45) is 6.56. The van der Waals surface area contributed by atoms with Gasteiger partial charge in [0.2, 0.25) is 17.8 Å². The maximum Gasteiger partial charge on any atom is 0.329 e. The molecule has 1 unspecified atom stereocenters. The molecule has 0 spiro atoms. The maximum absolute atomic E-state index is 13.8. The fourth-order valence-electron chi connectivity index (χ4n) is 4.71.